The van der Waals surface area contributed by atoms with Gasteiger partial charge in [-0.1, -0.05) is 0 Å². The molecule has 0 amide bonds. The molecule has 0 heterocycles. The average Bonchev–Trinajstić information content (AvgIpc) is 3.02. The van der Waals surface area contributed by atoms with Gasteiger partial charge < -0.3 is 0 Å². The third-order valence-electron chi connectivity index (χ3n) is 6.67. The van der Waals surface area contributed by atoms with Gasteiger partial charge in [0.1, 0.15) is 24.3 Å². The molecular formula is C31H5F12N7. The SMILES string of the molecule is N#C/C(c1cc(C#N)cc(C(F)(F)F)c1C(F)(F)F)=c1/cc(C#N)/c(=C(/C#N)c2cc(C#N)cc(C(F)(F)F)c2C(F)(F)F)c(C#N)c1C#N. The molecule has 0 aliphatic rings. The predicted octanol–water partition coefficient (Wildman–Crippen LogP) is 6.57. The van der Waals surface area contributed by atoms with Crippen molar-refractivity contribution >= 4 is 11.1 Å². The van der Waals surface area contributed by atoms with Crippen LogP contribution in [0.3, 0.4) is 0 Å². The van der Waals surface area contributed by atoms with Crippen molar-refractivity contribution in [1.29, 1.82) is 36.8 Å². The monoisotopic (exact) mass is 703 g/mol. The highest BCUT2D eigenvalue weighted by Gasteiger charge is 2.47. The van der Waals surface area contributed by atoms with Crippen molar-refractivity contribution in [2.45, 2.75) is 24.7 Å². The second kappa shape index (κ2) is 12.9. The van der Waals surface area contributed by atoms with Crippen LogP contribution in [0.5, 0.6) is 0 Å². The fourth-order valence-corrected chi connectivity index (χ4v) is 4.84. The molecule has 0 atom stereocenters. The van der Waals surface area contributed by atoms with Crippen LogP contribution in [0.15, 0.2) is 30.3 Å². The van der Waals surface area contributed by atoms with Gasteiger partial charge in [0.2, 0.25) is 0 Å². The van der Waals surface area contributed by atoms with Crippen molar-refractivity contribution < 1.29 is 52.7 Å². The van der Waals surface area contributed by atoms with Gasteiger partial charge in [0.25, 0.3) is 0 Å². The van der Waals surface area contributed by atoms with E-state index < -0.39 is 107 Å². The lowest BCUT2D eigenvalue weighted by Crippen LogP contribution is -2.28. The van der Waals surface area contributed by atoms with E-state index in [0.717, 1.165) is 24.3 Å². The zero-order valence-corrected chi connectivity index (χ0v) is 23.6. The molecule has 3 aromatic rings. The highest BCUT2D eigenvalue weighted by molar-refractivity contribution is 5.85. The first-order chi connectivity index (χ1) is 23.0. The van der Waals surface area contributed by atoms with Crippen molar-refractivity contribution in [2.75, 3.05) is 0 Å². The summed E-state index contributed by atoms with van der Waals surface area (Å²) in [6.45, 7) is 0. The number of nitriles is 7. The first-order valence-corrected chi connectivity index (χ1v) is 12.5. The molecular weight excluding hydrogens is 698 g/mol. The third kappa shape index (κ3) is 6.69. The van der Waals surface area contributed by atoms with Gasteiger partial charge in [-0.3, -0.25) is 0 Å². The Hall–Kier alpha value is -7.01. The lowest BCUT2D eigenvalue weighted by Gasteiger charge is -2.20. The smallest absolute Gasteiger partial charge is 0.192 e. The zero-order chi connectivity index (χ0) is 38.1. The second-order valence-electron chi connectivity index (χ2n) is 9.51. The molecule has 248 valence electrons. The molecule has 0 fully saturated rings. The summed E-state index contributed by atoms with van der Waals surface area (Å²) in [5.74, 6) is 0. The van der Waals surface area contributed by atoms with Crippen molar-refractivity contribution in [1.82, 2.24) is 0 Å². The molecule has 0 aliphatic carbocycles. The summed E-state index contributed by atoms with van der Waals surface area (Å²) in [6, 6.07) is 8.28. The highest BCUT2D eigenvalue weighted by Crippen LogP contribution is 2.45. The first kappa shape index (κ1) is 37.4. The Labute approximate surface area is 270 Å². The molecule has 7 nitrogen and oxygen atoms in total. The van der Waals surface area contributed by atoms with Crippen LogP contribution in [0, 0.1) is 79.3 Å². The van der Waals surface area contributed by atoms with E-state index in [1.54, 1.807) is 0 Å². The Balaban J connectivity index is 2.89. The number of hydrogen-bond donors (Lipinski definition) is 0. The first-order valence-electron chi connectivity index (χ1n) is 12.5. The fraction of sp³-hybridized carbons (Fsp3) is 0.129. The maximum Gasteiger partial charge on any atom is 0.417 e. The number of rotatable bonds is 2. The van der Waals surface area contributed by atoms with Crippen LogP contribution in [0.4, 0.5) is 52.7 Å². The molecule has 0 saturated carbocycles. The molecule has 3 aromatic carbocycles. The summed E-state index contributed by atoms with van der Waals surface area (Å²) < 4.78 is 168. The minimum Gasteiger partial charge on any atom is -0.192 e. The third-order valence-corrected chi connectivity index (χ3v) is 6.67. The molecule has 19 heteroatoms. The van der Waals surface area contributed by atoms with E-state index in [-0.39, 0.29) is 30.3 Å². The van der Waals surface area contributed by atoms with E-state index in [0.29, 0.717) is 0 Å². The summed E-state index contributed by atoms with van der Waals surface area (Å²) in [6.07, 6.45) is -23.5. The van der Waals surface area contributed by atoms with E-state index in [1.165, 1.54) is 18.2 Å². The quantitative estimate of drug-likeness (QED) is 0.272. The minimum atomic E-state index is -5.95. The Morgan fingerprint density at radius 2 is 0.840 bits per heavy atom. The van der Waals surface area contributed by atoms with Crippen LogP contribution in [0.25, 0.3) is 11.1 Å². The standard InChI is InChI=1S/C31H5F12N7/c32-28(33,34)23-3-13(6-44)1-17(26(23)30(38,39)40)19(9-47)16-5-15(8-46)25(22(12-50)20(16)10-48)21(11-49)18-2-14(7-45)4-24(29(35,36)37)27(18)31(41,42)43/h1-5H/b19-16+,25-21+. The number of hydrogen-bond acceptors (Lipinski definition) is 7. The van der Waals surface area contributed by atoms with E-state index >= 15 is 0 Å². The molecule has 0 bridgehead atoms. The zero-order valence-electron chi connectivity index (χ0n) is 23.6. The van der Waals surface area contributed by atoms with Crippen molar-refractivity contribution in [3.05, 3.63) is 102 Å². The summed E-state index contributed by atoms with van der Waals surface area (Å²) in [4.78, 5) is 0. The topological polar surface area (TPSA) is 167 Å². The van der Waals surface area contributed by atoms with Crippen molar-refractivity contribution in [3.8, 4) is 42.5 Å². The van der Waals surface area contributed by atoms with Crippen LogP contribution in [-0.4, -0.2) is 0 Å². The van der Waals surface area contributed by atoms with E-state index in [2.05, 4.69) is 0 Å². The Kier molecular flexibility index (Phi) is 9.65. The average molecular weight is 703 g/mol. The maximum absolute atomic E-state index is 14.2. The van der Waals surface area contributed by atoms with Crippen LogP contribution in [0.2, 0.25) is 0 Å². The molecule has 3 rings (SSSR count). The summed E-state index contributed by atoms with van der Waals surface area (Å²) in [5, 5.41) is 65.6. The normalized spacial score (nSPS) is 12.9. The van der Waals surface area contributed by atoms with E-state index in [9.17, 15) is 89.5 Å². The van der Waals surface area contributed by atoms with Crippen LogP contribution in [0.1, 0.15) is 61.2 Å². The van der Waals surface area contributed by atoms with Gasteiger partial charge in [0.05, 0.1) is 79.4 Å². The van der Waals surface area contributed by atoms with E-state index in [1.807, 2.05) is 0 Å². The minimum absolute atomic E-state index is 0.146. The Morgan fingerprint density at radius 1 is 0.440 bits per heavy atom. The number of nitrogens with zero attached hydrogens (tertiary/aromatic N) is 7. The highest BCUT2D eigenvalue weighted by atomic mass is 19.4. The largest absolute Gasteiger partial charge is 0.417 e. The van der Waals surface area contributed by atoms with Gasteiger partial charge >= 0.3 is 24.7 Å². The lowest BCUT2D eigenvalue weighted by atomic mass is 9.86. The Morgan fingerprint density at radius 3 is 1.14 bits per heavy atom. The molecule has 0 N–H and O–H groups in total. The van der Waals surface area contributed by atoms with Crippen LogP contribution < -0.4 is 10.4 Å². The van der Waals surface area contributed by atoms with Crippen LogP contribution in [-0.2, 0) is 24.7 Å². The van der Waals surface area contributed by atoms with E-state index in [4.69, 9.17) is 0 Å². The van der Waals surface area contributed by atoms with Gasteiger partial charge in [-0.05, 0) is 30.3 Å². The van der Waals surface area contributed by atoms with Gasteiger partial charge in [-0.25, -0.2) is 0 Å². The van der Waals surface area contributed by atoms with Gasteiger partial charge in [-0.2, -0.15) is 89.5 Å². The molecule has 0 aliphatic heterocycles. The molecule has 0 saturated heterocycles. The molecule has 0 aromatic heterocycles. The molecule has 0 radical (unpaired) electrons. The molecule has 0 unspecified atom stereocenters. The van der Waals surface area contributed by atoms with Crippen LogP contribution >= 0.6 is 0 Å². The molecule has 0 spiro atoms. The number of alkyl halides is 12. The maximum atomic E-state index is 14.2. The second-order valence-corrected chi connectivity index (χ2v) is 9.51. The van der Waals surface area contributed by atoms with Gasteiger partial charge in [-0.15, -0.1) is 0 Å². The summed E-state index contributed by atoms with van der Waals surface area (Å²) in [7, 11) is 0. The van der Waals surface area contributed by atoms with Gasteiger partial charge in [0, 0.05) is 21.6 Å². The lowest BCUT2D eigenvalue weighted by molar-refractivity contribution is -0.162. The fourth-order valence-electron chi connectivity index (χ4n) is 4.84. The molecule has 50 heavy (non-hydrogen) atoms. The summed E-state index contributed by atoms with van der Waals surface area (Å²) >= 11 is 0. The summed E-state index contributed by atoms with van der Waals surface area (Å²) in [5.41, 5.74) is -22.7. The van der Waals surface area contributed by atoms with Crippen molar-refractivity contribution in [3.63, 3.8) is 0 Å². The number of benzene rings is 3. The predicted molar refractivity (Wildman–Crippen MR) is 138 cm³/mol. The van der Waals surface area contributed by atoms with Crippen molar-refractivity contribution in [2.24, 2.45) is 0 Å². The Bertz CT molecular complexity index is 2400. The van der Waals surface area contributed by atoms with Gasteiger partial charge in [0.15, 0.2) is 0 Å². The number of halogens is 12.